The topological polar surface area (TPSA) is 0 Å². The zero-order valence-electron chi connectivity index (χ0n) is 11.9. The molecule has 4 aliphatic rings. The van der Waals surface area contributed by atoms with E-state index in [1.807, 2.05) is 0 Å². The summed E-state index contributed by atoms with van der Waals surface area (Å²) < 4.78 is 0. The Bertz CT molecular complexity index is 695. The molecule has 2 unspecified atom stereocenters. The molecule has 0 amide bonds. The van der Waals surface area contributed by atoms with Gasteiger partial charge in [-0.25, -0.2) is 0 Å². The van der Waals surface area contributed by atoms with Gasteiger partial charge >= 0.3 is 0 Å². The fourth-order valence-corrected chi connectivity index (χ4v) is 5.00. The molecule has 0 saturated heterocycles. The lowest BCUT2D eigenvalue weighted by Crippen LogP contribution is -2.27. The molecule has 100 valence electrons. The second-order valence-electron chi connectivity index (χ2n) is 6.72. The molecular formula is C20H20. The van der Waals surface area contributed by atoms with E-state index >= 15 is 0 Å². The fourth-order valence-electron chi connectivity index (χ4n) is 5.00. The number of benzene rings is 2. The van der Waals surface area contributed by atoms with Gasteiger partial charge in [0, 0.05) is 11.8 Å². The summed E-state index contributed by atoms with van der Waals surface area (Å²) in [5.74, 6) is 1.37. The molecule has 6 rings (SSSR count). The summed E-state index contributed by atoms with van der Waals surface area (Å²) in [6.07, 6.45) is 8.13. The summed E-state index contributed by atoms with van der Waals surface area (Å²) in [4.78, 5) is 0. The van der Waals surface area contributed by atoms with Crippen molar-refractivity contribution in [3.05, 3.63) is 69.8 Å². The van der Waals surface area contributed by atoms with E-state index in [0.29, 0.717) is 11.8 Å². The van der Waals surface area contributed by atoms with E-state index in [-0.39, 0.29) is 0 Å². The highest BCUT2D eigenvalue weighted by Crippen LogP contribution is 2.54. The Morgan fingerprint density at radius 1 is 0.700 bits per heavy atom. The number of hydrogen-bond donors (Lipinski definition) is 0. The van der Waals surface area contributed by atoms with E-state index in [1.54, 1.807) is 33.4 Å². The summed E-state index contributed by atoms with van der Waals surface area (Å²) in [5.41, 5.74) is 10.1. The lowest BCUT2D eigenvalue weighted by Gasteiger charge is -2.42. The van der Waals surface area contributed by atoms with Crippen LogP contribution in [0.3, 0.4) is 0 Å². The molecule has 0 aliphatic heterocycles. The Hall–Kier alpha value is -1.56. The Labute approximate surface area is 120 Å². The van der Waals surface area contributed by atoms with Gasteiger partial charge in [-0.05, 0) is 71.9 Å². The van der Waals surface area contributed by atoms with Crippen molar-refractivity contribution in [1.29, 1.82) is 0 Å². The molecule has 2 aromatic rings. The predicted octanol–water partition coefficient (Wildman–Crippen LogP) is 4.94. The second kappa shape index (κ2) is 3.97. The lowest BCUT2D eigenvalue weighted by atomic mass is 9.61. The van der Waals surface area contributed by atoms with E-state index in [1.165, 1.54) is 38.5 Å². The lowest BCUT2D eigenvalue weighted by molar-refractivity contribution is 0.510. The van der Waals surface area contributed by atoms with Crippen molar-refractivity contribution < 1.29 is 0 Å². The molecule has 2 atom stereocenters. The molecular weight excluding hydrogens is 240 g/mol. The Morgan fingerprint density at radius 2 is 1.45 bits per heavy atom. The molecule has 0 aromatic heterocycles. The molecule has 0 N–H and O–H groups in total. The van der Waals surface area contributed by atoms with Crippen LogP contribution < -0.4 is 0 Å². The van der Waals surface area contributed by atoms with Gasteiger partial charge in [-0.1, -0.05) is 36.4 Å². The monoisotopic (exact) mass is 260 g/mol. The molecule has 4 aliphatic carbocycles. The van der Waals surface area contributed by atoms with Gasteiger partial charge in [0.25, 0.3) is 0 Å². The molecule has 20 heavy (non-hydrogen) atoms. The number of aryl methyl sites for hydroxylation is 1. The van der Waals surface area contributed by atoms with Gasteiger partial charge in [-0.15, -0.1) is 0 Å². The van der Waals surface area contributed by atoms with Crippen molar-refractivity contribution in [2.24, 2.45) is 0 Å². The number of hydrogen-bond acceptors (Lipinski definition) is 0. The zero-order chi connectivity index (χ0) is 13.1. The van der Waals surface area contributed by atoms with Crippen molar-refractivity contribution in [1.82, 2.24) is 0 Å². The van der Waals surface area contributed by atoms with Crippen molar-refractivity contribution in [3.8, 4) is 0 Å². The van der Waals surface area contributed by atoms with E-state index in [4.69, 9.17) is 0 Å². The minimum Gasteiger partial charge on any atom is -0.0620 e. The number of fused-ring (bicyclic) bond motifs is 2. The van der Waals surface area contributed by atoms with E-state index in [2.05, 4.69) is 36.4 Å². The first-order chi connectivity index (χ1) is 9.93. The van der Waals surface area contributed by atoms with Crippen LogP contribution in [0.4, 0.5) is 0 Å². The first kappa shape index (κ1) is 11.1. The van der Waals surface area contributed by atoms with Gasteiger partial charge < -0.3 is 0 Å². The largest absolute Gasteiger partial charge is 0.0620 e. The third-order valence-corrected chi connectivity index (χ3v) is 5.83. The van der Waals surface area contributed by atoms with Crippen LogP contribution in [0.25, 0.3) is 0 Å². The van der Waals surface area contributed by atoms with Crippen LogP contribution >= 0.6 is 0 Å². The maximum Gasteiger partial charge on any atom is 0.00984 e. The molecule has 0 saturated carbocycles. The van der Waals surface area contributed by atoms with E-state index < -0.39 is 0 Å². The van der Waals surface area contributed by atoms with Crippen LogP contribution in [0.1, 0.15) is 70.9 Å². The highest BCUT2D eigenvalue weighted by Gasteiger charge is 2.38. The molecule has 0 heterocycles. The van der Waals surface area contributed by atoms with Gasteiger partial charge in [0.15, 0.2) is 0 Å². The van der Waals surface area contributed by atoms with Gasteiger partial charge in [-0.2, -0.15) is 0 Å². The summed E-state index contributed by atoms with van der Waals surface area (Å²) in [5, 5.41) is 0. The van der Waals surface area contributed by atoms with Crippen LogP contribution in [-0.2, 0) is 12.8 Å². The predicted molar refractivity (Wildman–Crippen MR) is 82.4 cm³/mol. The summed E-state index contributed by atoms with van der Waals surface area (Å²) >= 11 is 0. The van der Waals surface area contributed by atoms with Crippen LogP contribution in [0.15, 0.2) is 36.4 Å². The zero-order valence-corrected chi connectivity index (χ0v) is 11.9. The quantitative estimate of drug-likeness (QED) is 0.629. The Balaban J connectivity index is 1.79. The third-order valence-electron chi connectivity index (χ3n) is 5.83. The normalized spacial score (nSPS) is 25.8. The molecule has 0 heteroatoms. The Kier molecular flexibility index (Phi) is 2.21. The third kappa shape index (κ3) is 1.32. The smallest absolute Gasteiger partial charge is 0.00984 e. The maximum atomic E-state index is 2.46. The van der Waals surface area contributed by atoms with Crippen molar-refractivity contribution in [2.45, 2.75) is 50.4 Å². The minimum atomic E-state index is 0.679. The van der Waals surface area contributed by atoms with E-state index in [0.717, 1.165) is 0 Å². The van der Waals surface area contributed by atoms with E-state index in [9.17, 15) is 0 Å². The van der Waals surface area contributed by atoms with Crippen molar-refractivity contribution in [3.63, 3.8) is 0 Å². The van der Waals surface area contributed by atoms with Gasteiger partial charge in [-0.3, -0.25) is 0 Å². The molecule has 0 radical (unpaired) electrons. The first-order valence-corrected chi connectivity index (χ1v) is 8.17. The summed E-state index contributed by atoms with van der Waals surface area (Å²) in [6.45, 7) is 0. The molecule has 0 fully saturated rings. The van der Waals surface area contributed by atoms with Crippen molar-refractivity contribution >= 4 is 0 Å². The summed E-state index contributed by atoms with van der Waals surface area (Å²) in [7, 11) is 0. The van der Waals surface area contributed by atoms with Crippen LogP contribution in [0.2, 0.25) is 0 Å². The molecule has 2 aromatic carbocycles. The van der Waals surface area contributed by atoms with Crippen LogP contribution in [-0.4, -0.2) is 0 Å². The number of rotatable bonds is 0. The highest BCUT2D eigenvalue weighted by molar-refractivity contribution is 5.59. The van der Waals surface area contributed by atoms with Gasteiger partial charge in [0.1, 0.15) is 0 Å². The maximum absolute atomic E-state index is 2.46. The van der Waals surface area contributed by atoms with Crippen molar-refractivity contribution in [2.75, 3.05) is 0 Å². The minimum absolute atomic E-state index is 0.679. The average molecular weight is 260 g/mol. The Morgan fingerprint density at radius 3 is 2.35 bits per heavy atom. The first-order valence-electron chi connectivity index (χ1n) is 8.17. The highest BCUT2D eigenvalue weighted by atomic mass is 14.4. The molecule has 0 nitrogen and oxygen atoms in total. The molecule has 0 spiro atoms. The second-order valence-corrected chi connectivity index (χ2v) is 6.72. The molecule has 2 bridgehead atoms. The SMILES string of the molecule is c1ccc2c(c1)C1CCC2c2c1ccc1c2CCCC1. The van der Waals surface area contributed by atoms with Gasteiger partial charge in [0.05, 0.1) is 0 Å². The van der Waals surface area contributed by atoms with Crippen LogP contribution in [0, 0.1) is 0 Å². The van der Waals surface area contributed by atoms with Gasteiger partial charge in [0.2, 0.25) is 0 Å². The fraction of sp³-hybridized carbons (Fsp3) is 0.400. The summed E-state index contributed by atoms with van der Waals surface area (Å²) in [6, 6.07) is 14.1. The standard InChI is InChI=1S/C20H20/c1-2-6-14-13(5-1)9-10-18-17-11-12-19(20(14)18)16-8-4-3-7-15(16)17/h3-4,7-10,17,19H,1-2,5-6,11-12H2. The van der Waals surface area contributed by atoms with Crippen LogP contribution in [0.5, 0.6) is 0 Å². The average Bonchev–Trinajstić information content (AvgIpc) is 2.55.